The molecule has 5 aromatic rings. The van der Waals surface area contributed by atoms with Crippen molar-refractivity contribution in [1.82, 2.24) is 10.4 Å². The SMILES string of the molecule is C/C(=N/NC(=O)c1cc(-c2ccccc2OC(C)C)nc2ccccc12)c1ccc(NC(=O)CCCOc2ccc(Cl)cc2Cl)cc1. The first kappa shape index (κ1) is 33.4. The molecule has 4 aromatic carbocycles. The molecule has 0 atom stereocenters. The van der Waals surface area contributed by atoms with Crippen LogP contribution in [0.5, 0.6) is 11.5 Å². The molecule has 1 aromatic heterocycles. The number of anilines is 1. The molecule has 8 nitrogen and oxygen atoms in total. The van der Waals surface area contributed by atoms with Crippen molar-refractivity contribution >= 4 is 57.3 Å². The van der Waals surface area contributed by atoms with Crippen molar-refractivity contribution < 1.29 is 19.1 Å². The van der Waals surface area contributed by atoms with Crippen molar-refractivity contribution in [3.63, 3.8) is 0 Å². The van der Waals surface area contributed by atoms with Crippen LogP contribution in [0.4, 0.5) is 5.69 Å². The summed E-state index contributed by atoms with van der Waals surface area (Å²) in [4.78, 5) is 30.8. The second-order valence-corrected chi connectivity index (χ2v) is 11.9. The molecule has 0 saturated heterocycles. The van der Waals surface area contributed by atoms with Gasteiger partial charge in [-0.2, -0.15) is 5.10 Å². The molecule has 0 saturated carbocycles. The first-order valence-electron chi connectivity index (χ1n) is 15.2. The Hall–Kier alpha value is -4.92. The molecule has 0 radical (unpaired) electrons. The van der Waals surface area contributed by atoms with Crippen LogP contribution in [0.25, 0.3) is 22.2 Å². The Morgan fingerprint density at radius 1 is 0.894 bits per heavy atom. The van der Waals surface area contributed by atoms with Crippen LogP contribution in [0.2, 0.25) is 10.0 Å². The van der Waals surface area contributed by atoms with Gasteiger partial charge < -0.3 is 14.8 Å². The van der Waals surface area contributed by atoms with Crippen LogP contribution in [0.1, 0.15) is 49.5 Å². The van der Waals surface area contributed by atoms with Crippen LogP contribution in [-0.2, 0) is 4.79 Å². The Labute approximate surface area is 283 Å². The van der Waals surface area contributed by atoms with E-state index in [1.807, 2.05) is 74.5 Å². The van der Waals surface area contributed by atoms with E-state index in [1.54, 1.807) is 43.3 Å². The molecule has 2 N–H and O–H groups in total. The zero-order valence-corrected chi connectivity index (χ0v) is 27.7. The van der Waals surface area contributed by atoms with Crippen LogP contribution in [0, 0.1) is 0 Å². The van der Waals surface area contributed by atoms with E-state index in [2.05, 4.69) is 15.8 Å². The summed E-state index contributed by atoms with van der Waals surface area (Å²) in [6, 6.07) is 29.2. The maximum absolute atomic E-state index is 13.5. The van der Waals surface area contributed by atoms with Crippen molar-refractivity contribution in [2.24, 2.45) is 5.10 Å². The number of pyridine rings is 1. The lowest BCUT2D eigenvalue weighted by Crippen LogP contribution is -2.20. The molecular weight excluding hydrogens is 635 g/mol. The second-order valence-electron chi connectivity index (χ2n) is 11.0. The van der Waals surface area contributed by atoms with Crippen molar-refractivity contribution in [3.05, 3.63) is 118 Å². The molecule has 240 valence electrons. The van der Waals surface area contributed by atoms with Gasteiger partial charge in [-0.05, 0) is 87.4 Å². The number of fused-ring (bicyclic) bond motifs is 1. The highest BCUT2D eigenvalue weighted by atomic mass is 35.5. The van der Waals surface area contributed by atoms with Gasteiger partial charge in [0, 0.05) is 28.1 Å². The van der Waals surface area contributed by atoms with E-state index in [1.165, 1.54) is 0 Å². The lowest BCUT2D eigenvalue weighted by Gasteiger charge is -2.15. The lowest BCUT2D eigenvalue weighted by atomic mass is 10.0. The van der Waals surface area contributed by atoms with Gasteiger partial charge in [-0.1, -0.05) is 65.7 Å². The van der Waals surface area contributed by atoms with Crippen molar-refractivity contribution in [2.75, 3.05) is 11.9 Å². The average molecular weight is 670 g/mol. The van der Waals surface area contributed by atoms with Gasteiger partial charge in [0.1, 0.15) is 11.5 Å². The molecule has 0 aliphatic carbocycles. The minimum atomic E-state index is -0.363. The monoisotopic (exact) mass is 668 g/mol. The summed E-state index contributed by atoms with van der Waals surface area (Å²) in [5.41, 5.74) is 7.29. The minimum Gasteiger partial charge on any atom is -0.492 e. The Kier molecular flexibility index (Phi) is 11.1. The van der Waals surface area contributed by atoms with Gasteiger partial charge in [-0.3, -0.25) is 9.59 Å². The standard InChI is InChI=1S/C37H34Cl2N4O4/c1-23(2)47-34-12-7-5-10-29(34)33-22-30(28-9-4-6-11-32(28)41-33)37(45)43-42-24(3)25-14-17-27(18-15-25)40-36(44)13-8-20-46-35-19-16-26(38)21-31(35)39/h4-7,9-12,14-19,21-23H,8,13,20H2,1-3H3,(H,40,44)(H,43,45)/b42-24-. The molecule has 1 heterocycles. The number of hydrogen-bond donors (Lipinski definition) is 2. The number of para-hydroxylation sites is 2. The number of nitrogens with one attached hydrogen (secondary N) is 2. The van der Waals surface area contributed by atoms with Gasteiger partial charge in [0.05, 0.1) is 40.2 Å². The summed E-state index contributed by atoms with van der Waals surface area (Å²) in [6.07, 6.45) is 0.774. The fraction of sp³-hybridized carbons (Fsp3) is 0.189. The van der Waals surface area contributed by atoms with Gasteiger partial charge in [0.25, 0.3) is 5.91 Å². The summed E-state index contributed by atoms with van der Waals surface area (Å²) >= 11 is 12.0. The summed E-state index contributed by atoms with van der Waals surface area (Å²) in [5, 5.41) is 8.92. The number of rotatable bonds is 12. The van der Waals surface area contributed by atoms with Crippen LogP contribution >= 0.6 is 23.2 Å². The highest BCUT2D eigenvalue weighted by Crippen LogP contribution is 2.32. The smallest absolute Gasteiger partial charge is 0.272 e. The molecule has 5 rings (SSSR count). The third-order valence-electron chi connectivity index (χ3n) is 7.10. The first-order chi connectivity index (χ1) is 22.7. The maximum atomic E-state index is 13.5. The number of amides is 2. The highest BCUT2D eigenvalue weighted by Gasteiger charge is 2.16. The molecule has 0 fully saturated rings. The normalized spacial score (nSPS) is 11.4. The number of aromatic nitrogens is 1. The highest BCUT2D eigenvalue weighted by molar-refractivity contribution is 6.35. The Balaban J connectivity index is 1.21. The predicted molar refractivity (Wildman–Crippen MR) is 189 cm³/mol. The molecule has 10 heteroatoms. The van der Waals surface area contributed by atoms with Gasteiger partial charge in [-0.25, -0.2) is 10.4 Å². The van der Waals surface area contributed by atoms with Crippen molar-refractivity contribution in [3.8, 4) is 22.8 Å². The summed E-state index contributed by atoms with van der Waals surface area (Å²) in [5.74, 6) is 0.719. The number of ether oxygens (including phenoxy) is 2. The molecular formula is C37H34Cl2N4O4. The molecule has 0 unspecified atom stereocenters. The number of halogens is 2. The Morgan fingerprint density at radius 2 is 1.64 bits per heavy atom. The number of benzene rings is 4. The van der Waals surface area contributed by atoms with E-state index in [9.17, 15) is 9.59 Å². The van der Waals surface area contributed by atoms with Gasteiger partial charge in [0.2, 0.25) is 5.91 Å². The van der Waals surface area contributed by atoms with E-state index in [0.29, 0.717) is 68.1 Å². The Morgan fingerprint density at radius 3 is 2.40 bits per heavy atom. The molecule has 2 amide bonds. The third kappa shape index (κ3) is 8.87. The van der Waals surface area contributed by atoms with Crippen molar-refractivity contribution in [2.45, 2.75) is 39.7 Å². The van der Waals surface area contributed by atoms with E-state index >= 15 is 0 Å². The molecule has 0 aliphatic heterocycles. The summed E-state index contributed by atoms with van der Waals surface area (Å²) in [7, 11) is 0. The van der Waals surface area contributed by atoms with E-state index in [0.717, 1.165) is 11.1 Å². The van der Waals surface area contributed by atoms with Crippen LogP contribution in [0.15, 0.2) is 102 Å². The van der Waals surface area contributed by atoms with Gasteiger partial charge in [0.15, 0.2) is 0 Å². The second kappa shape index (κ2) is 15.6. The fourth-order valence-corrected chi connectivity index (χ4v) is 5.28. The molecule has 0 spiro atoms. The van der Waals surface area contributed by atoms with Gasteiger partial charge in [-0.15, -0.1) is 0 Å². The largest absolute Gasteiger partial charge is 0.492 e. The van der Waals surface area contributed by atoms with Crippen molar-refractivity contribution in [1.29, 1.82) is 0 Å². The van der Waals surface area contributed by atoms with E-state index in [-0.39, 0.29) is 24.3 Å². The Bertz CT molecular complexity index is 1930. The van der Waals surface area contributed by atoms with Gasteiger partial charge >= 0.3 is 0 Å². The average Bonchev–Trinajstić information content (AvgIpc) is 3.06. The molecule has 0 bridgehead atoms. The number of hydrogen-bond acceptors (Lipinski definition) is 6. The van der Waals surface area contributed by atoms with E-state index < -0.39 is 0 Å². The number of nitrogens with zero attached hydrogens (tertiary/aromatic N) is 2. The lowest BCUT2D eigenvalue weighted by molar-refractivity contribution is -0.116. The number of carbonyl (C=O) groups excluding carboxylic acids is 2. The van der Waals surface area contributed by atoms with Crippen LogP contribution in [-0.4, -0.2) is 35.2 Å². The first-order valence-corrected chi connectivity index (χ1v) is 15.9. The van der Waals surface area contributed by atoms with Crippen LogP contribution < -0.4 is 20.2 Å². The zero-order chi connectivity index (χ0) is 33.3. The number of carbonyl (C=O) groups is 2. The summed E-state index contributed by atoms with van der Waals surface area (Å²) in [6.45, 7) is 6.07. The third-order valence-corrected chi connectivity index (χ3v) is 7.63. The topological polar surface area (TPSA) is 102 Å². The van der Waals surface area contributed by atoms with E-state index in [4.69, 9.17) is 37.7 Å². The zero-order valence-electron chi connectivity index (χ0n) is 26.2. The minimum absolute atomic E-state index is 0.0195. The molecule has 0 aliphatic rings. The summed E-state index contributed by atoms with van der Waals surface area (Å²) < 4.78 is 11.7. The molecule has 47 heavy (non-hydrogen) atoms. The maximum Gasteiger partial charge on any atom is 0.272 e. The predicted octanol–water partition coefficient (Wildman–Crippen LogP) is 8.95. The van der Waals surface area contributed by atoms with Crippen LogP contribution in [0.3, 0.4) is 0 Å². The number of hydrazone groups is 1. The quantitative estimate of drug-likeness (QED) is 0.0785. The fourth-order valence-electron chi connectivity index (χ4n) is 4.82.